The summed E-state index contributed by atoms with van der Waals surface area (Å²) in [4.78, 5) is 28.8. The molecule has 1 fully saturated rings. The topological polar surface area (TPSA) is 48.8 Å². The van der Waals surface area contributed by atoms with Crippen molar-refractivity contribution in [2.75, 3.05) is 16.8 Å². The van der Waals surface area contributed by atoms with Crippen molar-refractivity contribution in [2.45, 2.75) is 11.8 Å². The van der Waals surface area contributed by atoms with Gasteiger partial charge in [-0.25, -0.2) is 4.99 Å². The Morgan fingerprint density at radius 3 is 2.56 bits per heavy atom. The molecule has 0 N–H and O–H groups in total. The molecule has 2 aliphatic heterocycles. The number of benzene rings is 3. The number of anilines is 2. The van der Waals surface area contributed by atoms with Crippen molar-refractivity contribution in [2.24, 2.45) is 4.99 Å². The number of pyridine rings is 1. The molecular formula is C27H20N4OS2. The molecule has 6 rings (SSSR count). The Balaban J connectivity index is 1.47. The lowest BCUT2D eigenvalue weighted by Gasteiger charge is -2.17. The van der Waals surface area contributed by atoms with E-state index in [0.717, 1.165) is 43.5 Å². The van der Waals surface area contributed by atoms with E-state index in [1.807, 2.05) is 80.7 Å². The van der Waals surface area contributed by atoms with Gasteiger partial charge in [0.2, 0.25) is 0 Å². The van der Waals surface area contributed by atoms with Gasteiger partial charge < -0.3 is 4.90 Å². The number of amides is 1. The molecule has 3 heterocycles. The van der Waals surface area contributed by atoms with Gasteiger partial charge in [0.1, 0.15) is 4.91 Å². The van der Waals surface area contributed by atoms with Crippen molar-refractivity contribution in [3.05, 3.63) is 101 Å². The van der Waals surface area contributed by atoms with Crippen LogP contribution in [0.1, 0.15) is 5.56 Å². The van der Waals surface area contributed by atoms with E-state index in [2.05, 4.69) is 22.0 Å². The lowest BCUT2D eigenvalue weighted by Crippen LogP contribution is -2.29. The molecule has 0 aliphatic carbocycles. The normalized spacial score (nSPS) is 18.9. The van der Waals surface area contributed by atoms with Crippen molar-refractivity contribution in [3.8, 4) is 0 Å². The summed E-state index contributed by atoms with van der Waals surface area (Å²) in [5.41, 5.74) is 4.76. The Kier molecular flexibility index (Phi) is 5.16. The maximum atomic E-state index is 13.8. The highest BCUT2D eigenvalue weighted by Crippen LogP contribution is 2.50. The summed E-state index contributed by atoms with van der Waals surface area (Å²) in [5, 5.41) is 2.59. The third-order valence-corrected chi connectivity index (χ3v) is 8.21. The SMILES string of the molecule is Cc1ccc(N2C(=O)C(=C3Sc4ccccc4N3C)SC2=Nc2ccc3ncccc3c2)cc1. The van der Waals surface area contributed by atoms with Crippen molar-refractivity contribution < 1.29 is 4.79 Å². The second kappa shape index (κ2) is 8.34. The first-order valence-corrected chi connectivity index (χ1v) is 12.5. The fourth-order valence-corrected chi connectivity index (χ4v) is 6.39. The number of nitrogens with zero attached hydrogens (tertiary/aromatic N) is 4. The van der Waals surface area contributed by atoms with E-state index in [-0.39, 0.29) is 5.91 Å². The number of carbonyl (C=O) groups excluding carboxylic acids is 1. The summed E-state index contributed by atoms with van der Waals surface area (Å²) >= 11 is 3.05. The van der Waals surface area contributed by atoms with Gasteiger partial charge in [-0.15, -0.1) is 0 Å². The molecule has 1 amide bonds. The number of amidine groups is 1. The number of para-hydroxylation sites is 1. The zero-order chi connectivity index (χ0) is 23.2. The Morgan fingerprint density at radius 1 is 0.912 bits per heavy atom. The van der Waals surface area contributed by atoms with Gasteiger partial charge in [-0.2, -0.15) is 0 Å². The first-order chi connectivity index (χ1) is 16.6. The van der Waals surface area contributed by atoms with Crippen molar-refractivity contribution in [1.82, 2.24) is 4.98 Å². The molecule has 0 spiro atoms. The molecule has 3 aromatic carbocycles. The third kappa shape index (κ3) is 3.57. The maximum Gasteiger partial charge on any atom is 0.274 e. The summed E-state index contributed by atoms with van der Waals surface area (Å²) in [6.45, 7) is 2.04. The Hall–Kier alpha value is -3.55. The zero-order valence-electron chi connectivity index (χ0n) is 18.6. The van der Waals surface area contributed by atoms with Crippen LogP contribution in [0.15, 0.2) is 105 Å². The molecule has 5 nitrogen and oxygen atoms in total. The minimum absolute atomic E-state index is 0.0581. The molecular weight excluding hydrogens is 460 g/mol. The number of carbonyl (C=O) groups is 1. The summed E-state index contributed by atoms with van der Waals surface area (Å²) in [5.74, 6) is -0.0581. The van der Waals surface area contributed by atoms with Gasteiger partial charge >= 0.3 is 0 Å². The Bertz CT molecular complexity index is 1510. The summed E-state index contributed by atoms with van der Waals surface area (Å²) in [7, 11) is 2.01. The van der Waals surface area contributed by atoms with E-state index in [9.17, 15) is 4.79 Å². The second-order valence-electron chi connectivity index (χ2n) is 8.12. The number of thioether (sulfide) groups is 2. The molecule has 4 aromatic rings. The number of aromatic nitrogens is 1. The number of aryl methyl sites for hydroxylation is 1. The lowest BCUT2D eigenvalue weighted by atomic mass is 10.2. The number of hydrogen-bond acceptors (Lipinski definition) is 6. The highest BCUT2D eigenvalue weighted by molar-refractivity contribution is 8.20. The molecule has 0 radical (unpaired) electrons. The monoisotopic (exact) mass is 480 g/mol. The van der Waals surface area contributed by atoms with Crippen LogP contribution in [-0.2, 0) is 4.79 Å². The summed E-state index contributed by atoms with van der Waals surface area (Å²) in [6, 6.07) is 26.0. The minimum Gasteiger partial charge on any atom is -0.337 e. The van der Waals surface area contributed by atoms with E-state index in [1.54, 1.807) is 22.9 Å². The van der Waals surface area contributed by atoms with E-state index >= 15 is 0 Å². The van der Waals surface area contributed by atoms with Gasteiger partial charge in [-0.3, -0.25) is 14.7 Å². The highest BCUT2D eigenvalue weighted by Gasteiger charge is 2.40. The van der Waals surface area contributed by atoms with Crippen molar-refractivity contribution >= 4 is 62.6 Å². The van der Waals surface area contributed by atoms with Crippen LogP contribution >= 0.6 is 23.5 Å². The standard InChI is InChI=1S/C27H20N4OS2/c1-17-9-12-20(13-10-17)31-25(32)24(26-30(2)22-7-3-4-8-23(22)33-26)34-27(31)29-19-11-14-21-18(16-19)6-5-15-28-21/h3-16H,1-2H3. The largest absolute Gasteiger partial charge is 0.337 e. The van der Waals surface area contributed by atoms with Gasteiger partial charge in [0.15, 0.2) is 5.17 Å². The Labute approximate surface area is 206 Å². The van der Waals surface area contributed by atoms with Crippen molar-refractivity contribution in [3.63, 3.8) is 0 Å². The second-order valence-corrected chi connectivity index (χ2v) is 10.1. The minimum atomic E-state index is -0.0581. The van der Waals surface area contributed by atoms with Crippen LogP contribution in [0.5, 0.6) is 0 Å². The van der Waals surface area contributed by atoms with E-state index in [0.29, 0.717) is 10.1 Å². The van der Waals surface area contributed by atoms with Gasteiger partial charge in [0, 0.05) is 23.5 Å². The molecule has 1 saturated heterocycles. The molecule has 0 bridgehead atoms. The summed E-state index contributed by atoms with van der Waals surface area (Å²) in [6.07, 6.45) is 1.78. The molecule has 0 saturated carbocycles. The predicted octanol–water partition coefficient (Wildman–Crippen LogP) is 6.72. The molecule has 2 aliphatic rings. The molecule has 7 heteroatoms. The first kappa shape index (κ1) is 21.0. The zero-order valence-corrected chi connectivity index (χ0v) is 20.2. The average molecular weight is 481 g/mol. The molecule has 166 valence electrons. The molecule has 0 unspecified atom stereocenters. The fourth-order valence-electron chi connectivity index (χ4n) is 4.04. The number of rotatable bonds is 2. The Morgan fingerprint density at radius 2 is 1.74 bits per heavy atom. The van der Waals surface area contributed by atoms with E-state index in [1.165, 1.54) is 11.8 Å². The summed E-state index contributed by atoms with van der Waals surface area (Å²) < 4.78 is 0. The predicted molar refractivity (Wildman–Crippen MR) is 143 cm³/mol. The van der Waals surface area contributed by atoms with Gasteiger partial charge in [-0.05, 0) is 67.2 Å². The van der Waals surface area contributed by atoms with Gasteiger partial charge in [0.25, 0.3) is 5.91 Å². The van der Waals surface area contributed by atoms with Crippen LogP contribution in [0, 0.1) is 6.92 Å². The van der Waals surface area contributed by atoms with Crippen LogP contribution in [0.3, 0.4) is 0 Å². The van der Waals surface area contributed by atoms with Crippen LogP contribution in [-0.4, -0.2) is 23.1 Å². The van der Waals surface area contributed by atoms with E-state index in [4.69, 9.17) is 4.99 Å². The quantitative estimate of drug-likeness (QED) is 0.298. The lowest BCUT2D eigenvalue weighted by molar-refractivity contribution is -0.113. The molecule has 34 heavy (non-hydrogen) atoms. The van der Waals surface area contributed by atoms with Crippen LogP contribution in [0.4, 0.5) is 17.1 Å². The smallest absolute Gasteiger partial charge is 0.274 e. The van der Waals surface area contributed by atoms with E-state index < -0.39 is 0 Å². The molecule has 0 atom stereocenters. The van der Waals surface area contributed by atoms with Crippen LogP contribution < -0.4 is 9.80 Å². The maximum absolute atomic E-state index is 13.8. The first-order valence-electron chi connectivity index (χ1n) is 10.9. The van der Waals surface area contributed by atoms with Gasteiger partial charge in [-0.1, -0.05) is 47.7 Å². The third-order valence-electron chi connectivity index (χ3n) is 5.82. The van der Waals surface area contributed by atoms with Crippen molar-refractivity contribution in [1.29, 1.82) is 0 Å². The molecule has 1 aromatic heterocycles. The van der Waals surface area contributed by atoms with Gasteiger partial charge in [0.05, 0.1) is 27.6 Å². The van der Waals surface area contributed by atoms with Crippen LogP contribution in [0.2, 0.25) is 0 Å². The fraction of sp³-hybridized carbons (Fsp3) is 0.0741. The number of hydrogen-bond donors (Lipinski definition) is 0. The van der Waals surface area contributed by atoms with Crippen LogP contribution in [0.25, 0.3) is 10.9 Å². The number of fused-ring (bicyclic) bond motifs is 2. The average Bonchev–Trinajstić information content (AvgIpc) is 3.36. The number of aliphatic imine (C=N–C) groups is 1. The highest BCUT2D eigenvalue weighted by atomic mass is 32.2.